The highest BCUT2D eigenvalue weighted by atomic mass is 16.5. The van der Waals surface area contributed by atoms with E-state index in [0.29, 0.717) is 47.1 Å². The monoisotopic (exact) mass is 470 g/mol. The predicted molar refractivity (Wildman–Crippen MR) is 132 cm³/mol. The zero-order chi connectivity index (χ0) is 24.5. The van der Waals surface area contributed by atoms with Crippen LogP contribution in [-0.2, 0) is 6.54 Å². The minimum Gasteiger partial charge on any atom is -0.493 e. The number of hydrogen-bond donors (Lipinski definition) is 0. The number of methoxy groups -OCH3 is 1. The number of aromatic nitrogens is 1. The van der Waals surface area contributed by atoms with Crippen molar-refractivity contribution in [1.29, 1.82) is 0 Å². The van der Waals surface area contributed by atoms with Crippen molar-refractivity contribution in [3.63, 3.8) is 0 Å². The Bertz CT molecular complexity index is 1450. The quantitative estimate of drug-likeness (QED) is 0.379. The zero-order valence-corrected chi connectivity index (χ0v) is 19.9. The first-order valence-corrected chi connectivity index (χ1v) is 11.5. The molecule has 0 fully saturated rings. The van der Waals surface area contributed by atoms with Gasteiger partial charge in [0.15, 0.2) is 16.9 Å². The molecular weight excluding hydrogens is 444 g/mol. The van der Waals surface area contributed by atoms with Crippen molar-refractivity contribution in [2.24, 2.45) is 5.92 Å². The predicted octanol–water partition coefficient (Wildman–Crippen LogP) is 4.98. The van der Waals surface area contributed by atoms with Crippen molar-refractivity contribution in [2.75, 3.05) is 13.7 Å². The van der Waals surface area contributed by atoms with Crippen LogP contribution in [0, 0.1) is 5.92 Å². The van der Waals surface area contributed by atoms with E-state index in [4.69, 9.17) is 13.9 Å². The van der Waals surface area contributed by atoms with Crippen LogP contribution in [0.2, 0.25) is 0 Å². The van der Waals surface area contributed by atoms with Crippen molar-refractivity contribution < 1.29 is 18.7 Å². The molecule has 0 radical (unpaired) electrons. The SMILES string of the molecule is COc1cc(C2c3c(oc4ccccc4c3=O)C(=O)N2Cc2ccncc2)ccc1OCC(C)C. The lowest BCUT2D eigenvalue weighted by Crippen LogP contribution is -2.29. The Labute approximate surface area is 202 Å². The van der Waals surface area contributed by atoms with Crippen molar-refractivity contribution in [2.45, 2.75) is 26.4 Å². The molecule has 0 saturated heterocycles. The third kappa shape index (κ3) is 4.14. The summed E-state index contributed by atoms with van der Waals surface area (Å²) in [6.45, 7) is 4.98. The molecule has 0 N–H and O–H groups in total. The third-order valence-corrected chi connectivity index (χ3v) is 6.05. The fourth-order valence-corrected chi connectivity index (χ4v) is 4.39. The van der Waals surface area contributed by atoms with Crippen LogP contribution in [0.3, 0.4) is 0 Å². The van der Waals surface area contributed by atoms with Crippen LogP contribution in [0.4, 0.5) is 0 Å². The van der Waals surface area contributed by atoms with Crippen LogP contribution >= 0.6 is 0 Å². The van der Waals surface area contributed by atoms with Gasteiger partial charge in [0.05, 0.1) is 30.7 Å². The summed E-state index contributed by atoms with van der Waals surface area (Å²) in [5.74, 6) is 1.25. The maximum absolute atomic E-state index is 13.6. The third-order valence-electron chi connectivity index (χ3n) is 6.05. The molecule has 35 heavy (non-hydrogen) atoms. The lowest BCUT2D eigenvalue weighted by molar-refractivity contribution is 0.0714. The van der Waals surface area contributed by atoms with Crippen LogP contribution in [0.25, 0.3) is 11.0 Å². The van der Waals surface area contributed by atoms with Gasteiger partial charge in [-0.05, 0) is 53.4 Å². The summed E-state index contributed by atoms with van der Waals surface area (Å²) in [4.78, 5) is 33.0. The molecule has 1 amide bonds. The van der Waals surface area contributed by atoms with E-state index in [-0.39, 0.29) is 17.1 Å². The lowest BCUT2D eigenvalue weighted by atomic mass is 9.98. The first kappa shape index (κ1) is 22.7. The number of pyridine rings is 1. The second kappa shape index (κ2) is 9.25. The van der Waals surface area contributed by atoms with Gasteiger partial charge in [0.2, 0.25) is 5.76 Å². The van der Waals surface area contributed by atoms with Gasteiger partial charge < -0.3 is 18.8 Å². The highest BCUT2D eigenvalue weighted by Gasteiger charge is 2.43. The highest BCUT2D eigenvalue weighted by Crippen LogP contribution is 2.41. The molecule has 1 aliphatic heterocycles. The van der Waals surface area contributed by atoms with Crippen molar-refractivity contribution in [1.82, 2.24) is 9.88 Å². The van der Waals surface area contributed by atoms with Crippen LogP contribution < -0.4 is 14.9 Å². The van der Waals surface area contributed by atoms with Crippen molar-refractivity contribution >= 4 is 16.9 Å². The van der Waals surface area contributed by atoms with E-state index >= 15 is 0 Å². The largest absolute Gasteiger partial charge is 0.493 e. The molecule has 2 aromatic carbocycles. The number of amides is 1. The maximum Gasteiger partial charge on any atom is 0.291 e. The smallest absolute Gasteiger partial charge is 0.291 e. The molecule has 1 unspecified atom stereocenters. The molecule has 0 spiro atoms. The number of fused-ring (bicyclic) bond motifs is 2. The fraction of sp³-hybridized carbons (Fsp3) is 0.250. The Morgan fingerprint density at radius 3 is 2.54 bits per heavy atom. The zero-order valence-electron chi connectivity index (χ0n) is 19.9. The van der Waals surface area contributed by atoms with Gasteiger partial charge in [0.1, 0.15) is 5.58 Å². The number of benzene rings is 2. The Balaban J connectivity index is 1.66. The number of rotatable bonds is 7. The minimum atomic E-state index is -0.639. The molecule has 5 rings (SSSR count). The van der Waals surface area contributed by atoms with Crippen LogP contribution in [0.15, 0.2) is 76.2 Å². The topological polar surface area (TPSA) is 81.9 Å². The second-order valence-electron chi connectivity index (χ2n) is 8.98. The van der Waals surface area contributed by atoms with Crippen LogP contribution in [-0.4, -0.2) is 29.5 Å². The molecule has 0 saturated carbocycles. The molecule has 0 aliphatic carbocycles. The molecule has 0 bridgehead atoms. The summed E-state index contributed by atoms with van der Waals surface area (Å²) in [6, 6.07) is 15.6. The summed E-state index contributed by atoms with van der Waals surface area (Å²) in [5, 5.41) is 0.443. The van der Waals surface area contributed by atoms with Gasteiger partial charge in [-0.2, -0.15) is 0 Å². The van der Waals surface area contributed by atoms with Crippen molar-refractivity contribution in [3.8, 4) is 11.5 Å². The Morgan fingerprint density at radius 1 is 1.03 bits per heavy atom. The molecule has 1 aliphatic rings. The van der Waals surface area contributed by atoms with Crippen molar-refractivity contribution in [3.05, 3.63) is 99.7 Å². The number of carbonyl (C=O) groups excluding carboxylic acids is 1. The van der Waals surface area contributed by atoms with Gasteiger partial charge in [0.25, 0.3) is 5.91 Å². The van der Waals surface area contributed by atoms with E-state index in [1.54, 1.807) is 48.7 Å². The van der Waals surface area contributed by atoms with Gasteiger partial charge in [-0.25, -0.2) is 0 Å². The summed E-state index contributed by atoms with van der Waals surface area (Å²) in [6.07, 6.45) is 3.36. The minimum absolute atomic E-state index is 0.0758. The van der Waals surface area contributed by atoms with Gasteiger partial charge in [-0.1, -0.05) is 32.0 Å². The highest BCUT2D eigenvalue weighted by molar-refractivity contribution is 5.99. The number of carbonyl (C=O) groups is 1. The maximum atomic E-state index is 13.6. The van der Waals surface area contributed by atoms with E-state index in [1.807, 2.05) is 30.3 Å². The van der Waals surface area contributed by atoms with E-state index in [2.05, 4.69) is 18.8 Å². The summed E-state index contributed by atoms with van der Waals surface area (Å²) in [7, 11) is 1.58. The van der Waals surface area contributed by atoms with Crippen LogP contribution in [0.1, 0.15) is 47.1 Å². The number of hydrogen-bond acceptors (Lipinski definition) is 6. The second-order valence-corrected chi connectivity index (χ2v) is 8.98. The molecule has 7 nitrogen and oxygen atoms in total. The molecule has 2 aromatic heterocycles. The molecule has 1 atom stereocenters. The Morgan fingerprint density at radius 2 is 1.80 bits per heavy atom. The van der Waals surface area contributed by atoms with Crippen LogP contribution in [0.5, 0.6) is 11.5 Å². The summed E-state index contributed by atoms with van der Waals surface area (Å²) < 4.78 is 17.5. The average molecular weight is 471 g/mol. The first-order valence-electron chi connectivity index (χ1n) is 11.5. The van der Waals surface area contributed by atoms with Gasteiger partial charge in [-0.15, -0.1) is 0 Å². The number of nitrogens with zero attached hydrogens (tertiary/aromatic N) is 2. The molecule has 7 heteroatoms. The summed E-state index contributed by atoms with van der Waals surface area (Å²) >= 11 is 0. The first-order chi connectivity index (χ1) is 17.0. The number of ether oxygens (including phenoxy) is 2. The Hall–Kier alpha value is -4.13. The summed E-state index contributed by atoms with van der Waals surface area (Å²) in [5.41, 5.74) is 2.15. The average Bonchev–Trinajstić information content (AvgIpc) is 3.15. The number of para-hydroxylation sites is 1. The van der Waals surface area contributed by atoms with Gasteiger partial charge in [0, 0.05) is 18.9 Å². The van der Waals surface area contributed by atoms with Gasteiger partial charge >= 0.3 is 0 Å². The van der Waals surface area contributed by atoms with E-state index in [0.717, 1.165) is 11.1 Å². The Kier molecular flexibility index (Phi) is 5.99. The lowest BCUT2D eigenvalue weighted by Gasteiger charge is -2.26. The standard InChI is InChI=1S/C28H26N2O5/c1-17(2)16-34-22-9-8-19(14-23(22)33-3)25-24-26(31)20-6-4-5-7-21(20)35-27(24)28(32)30(25)15-18-10-12-29-13-11-18/h4-14,17,25H,15-16H2,1-3H3. The van der Waals surface area contributed by atoms with E-state index in [9.17, 15) is 9.59 Å². The molecule has 178 valence electrons. The van der Waals surface area contributed by atoms with E-state index in [1.165, 1.54) is 0 Å². The van der Waals surface area contributed by atoms with E-state index < -0.39 is 6.04 Å². The molecule has 3 heterocycles. The fourth-order valence-electron chi connectivity index (χ4n) is 4.39. The normalized spacial score (nSPS) is 15.0. The molecule has 4 aromatic rings. The molecular formula is C28H26N2O5. The van der Waals surface area contributed by atoms with Gasteiger partial charge in [-0.3, -0.25) is 14.6 Å².